The fraction of sp³-hybridized carbons (Fsp3) is 0.917. The first kappa shape index (κ1) is 16.4. The summed E-state index contributed by atoms with van der Waals surface area (Å²) in [6, 6.07) is 0. The van der Waals surface area contributed by atoms with E-state index >= 15 is 0 Å². The molecule has 1 aliphatic heterocycles. The highest BCUT2D eigenvalue weighted by atomic mass is 32.2. The molecular formula is C12H25N3O3S. The van der Waals surface area contributed by atoms with Crippen LogP contribution in [0.4, 0.5) is 0 Å². The minimum atomic E-state index is -3.12. The van der Waals surface area contributed by atoms with Gasteiger partial charge in [-0.05, 0) is 19.4 Å². The number of carbonyl (C=O) groups excluding carboxylic acids is 1. The minimum Gasteiger partial charge on any atom is -0.339 e. The molecule has 0 saturated carbocycles. The first-order valence-electron chi connectivity index (χ1n) is 6.97. The molecule has 112 valence electrons. The molecule has 6 nitrogen and oxygen atoms in total. The molecule has 0 atom stereocenters. The van der Waals surface area contributed by atoms with Gasteiger partial charge < -0.3 is 10.2 Å². The van der Waals surface area contributed by atoms with Gasteiger partial charge in [-0.3, -0.25) is 4.79 Å². The van der Waals surface area contributed by atoms with E-state index in [1.54, 1.807) is 4.90 Å². The fourth-order valence-corrected chi connectivity index (χ4v) is 3.58. The maximum Gasteiger partial charge on any atom is 0.236 e. The van der Waals surface area contributed by atoms with Gasteiger partial charge in [0.1, 0.15) is 0 Å². The Morgan fingerprint density at radius 1 is 1.11 bits per heavy atom. The van der Waals surface area contributed by atoms with E-state index < -0.39 is 10.0 Å². The van der Waals surface area contributed by atoms with Crippen LogP contribution in [0.25, 0.3) is 0 Å². The normalized spacial score (nSPS) is 17.7. The molecule has 0 aromatic rings. The molecule has 1 heterocycles. The Kier molecular flexibility index (Phi) is 6.74. The largest absolute Gasteiger partial charge is 0.339 e. The van der Waals surface area contributed by atoms with Crippen LogP contribution in [0.5, 0.6) is 0 Å². The average Bonchev–Trinajstić information content (AvgIpc) is 2.39. The zero-order valence-electron chi connectivity index (χ0n) is 11.9. The number of carbonyl (C=O) groups is 1. The molecule has 1 fully saturated rings. The van der Waals surface area contributed by atoms with Crippen molar-refractivity contribution in [2.75, 3.05) is 45.0 Å². The maximum absolute atomic E-state index is 11.9. The van der Waals surface area contributed by atoms with E-state index in [9.17, 15) is 13.2 Å². The molecule has 0 radical (unpaired) electrons. The topological polar surface area (TPSA) is 69.7 Å². The number of rotatable bonds is 7. The lowest BCUT2D eigenvalue weighted by Gasteiger charge is -2.34. The third-order valence-electron chi connectivity index (χ3n) is 3.15. The average molecular weight is 291 g/mol. The molecule has 0 aromatic carbocycles. The van der Waals surface area contributed by atoms with Crippen molar-refractivity contribution in [3.8, 4) is 0 Å². The fourth-order valence-electron chi connectivity index (χ4n) is 2.09. The second-order valence-corrected chi connectivity index (χ2v) is 6.86. The summed E-state index contributed by atoms with van der Waals surface area (Å²) in [5, 5.41) is 3.07. The van der Waals surface area contributed by atoms with E-state index in [1.165, 1.54) is 4.31 Å². The summed E-state index contributed by atoms with van der Waals surface area (Å²) < 4.78 is 25.3. The van der Waals surface area contributed by atoms with Gasteiger partial charge in [0.15, 0.2) is 0 Å². The molecule has 19 heavy (non-hydrogen) atoms. The van der Waals surface area contributed by atoms with E-state index in [-0.39, 0.29) is 11.7 Å². The van der Waals surface area contributed by atoms with Crippen LogP contribution >= 0.6 is 0 Å². The second-order valence-electron chi connectivity index (χ2n) is 4.77. The third kappa shape index (κ3) is 5.08. The van der Waals surface area contributed by atoms with Gasteiger partial charge in [0.25, 0.3) is 0 Å². The highest BCUT2D eigenvalue weighted by Crippen LogP contribution is 2.09. The molecule has 7 heteroatoms. The number of hydrogen-bond donors (Lipinski definition) is 1. The van der Waals surface area contributed by atoms with E-state index in [0.717, 1.165) is 13.0 Å². The van der Waals surface area contributed by atoms with Crippen LogP contribution in [0, 0.1) is 0 Å². The summed E-state index contributed by atoms with van der Waals surface area (Å²) in [6.45, 7) is 6.91. The first-order chi connectivity index (χ1) is 9.01. The number of amides is 1. The van der Waals surface area contributed by atoms with Crippen molar-refractivity contribution in [2.24, 2.45) is 0 Å². The minimum absolute atomic E-state index is 0.0565. The predicted molar refractivity (Wildman–Crippen MR) is 75.4 cm³/mol. The highest BCUT2D eigenvalue weighted by Gasteiger charge is 2.27. The summed E-state index contributed by atoms with van der Waals surface area (Å²) >= 11 is 0. The number of piperazine rings is 1. The van der Waals surface area contributed by atoms with Crippen LogP contribution in [0.15, 0.2) is 0 Å². The number of nitrogens with one attached hydrogen (secondary N) is 1. The first-order valence-corrected chi connectivity index (χ1v) is 8.58. The van der Waals surface area contributed by atoms with Gasteiger partial charge in [0.05, 0.1) is 12.3 Å². The second kappa shape index (κ2) is 7.81. The lowest BCUT2D eigenvalue weighted by atomic mass is 10.3. The molecule has 1 aliphatic rings. The van der Waals surface area contributed by atoms with E-state index in [1.807, 2.05) is 6.92 Å². The van der Waals surface area contributed by atoms with Gasteiger partial charge in [-0.25, -0.2) is 8.42 Å². The Bertz CT molecular complexity index is 376. The smallest absolute Gasteiger partial charge is 0.236 e. The molecule has 0 aliphatic carbocycles. The van der Waals surface area contributed by atoms with Crippen molar-refractivity contribution in [2.45, 2.75) is 26.7 Å². The molecule has 1 rings (SSSR count). The molecule has 1 N–H and O–H groups in total. The molecule has 1 amide bonds. The zero-order chi connectivity index (χ0) is 14.3. The van der Waals surface area contributed by atoms with Gasteiger partial charge in [-0.2, -0.15) is 4.31 Å². The van der Waals surface area contributed by atoms with E-state index in [4.69, 9.17) is 0 Å². The Morgan fingerprint density at radius 3 is 2.26 bits per heavy atom. The summed E-state index contributed by atoms with van der Waals surface area (Å²) in [4.78, 5) is 13.6. The monoisotopic (exact) mass is 291 g/mol. The van der Waals surface area contributed by atoms with Crippen molar-refractivity contribution < 1.29 is 13.2 Å². The van der Waals surface area contributed by atoms with Gasteiger partial charge >= 0.3 is 0 Å². The van der Waals surface area contributed by atoms with Crippen LogP contribution in [-0.4, -0.2) is 68.6 Å². The molecule has 0 unspecified atom stereocenters. The van der Waals surface area contributed by atoms with Crippen molar-refractivity contribution in [1.82, 2.24) is 14.5 Å². The molecule has 0 bridgehead atoms. The van der Waals surface area contributed by atoms with Crippen molar-refractivity contribution in [3.63, 3.8) is 0 Å². The Morgan fingerprint density at radius 2 is 1.74 bits per heavy atom. The number of sulfonamides is 1. The molecule has 0 aromatic heterocycles. The molecule has 0 spiro atoms. The predicted octanol–water partition coefficient (Wildman–Crippen LogP) is -0.130. The van der Waals surface area contributed by atoms with Crippen LogP contribution in [-0.2, 0) is 14.8 Å². The van der Waals surface area contributed by atoms with Crippen LogP contribution in [0.3, 0.4) is 0 Å². The number of hydrogen-bond acceptors (Lipinski definition) is 4. The Hall–Kier alpha value is -0.660. The van der Waals surface area contributed by atoms with Crippen LogP contribution in [0.1, 0.15) is 26.7 Å². The zero-order valence-corrected chi connectivity index (χ0v) is 12.7. The summed E-state index contributed by atoms with van der Waals surface area (Å²) in [5.74, 6) is 0.250. The van der Waals surface area contributed by atoms with Crippen molar-refractivity contribution in [3.05, 3.63) is 0 Å². The van der Waals surface area contributed by atoms with E-state index in [0.29, 0.717) is 39.1 Å². The van der Waals surface area contributed by atoms with Gasteiger partial charge in [-0.1, -0.05) is 13.8 Å². The van der Waals surface area contributed by atoms with Gasteiger partial charge in [0, 0.05) is 26.2 Å². The summed E-state index contributed by atoms with van der Waals surface area (Å²) in [5.41, 5.74) is 0. The lowest BCUT2D eigenvalue weighted by molar-refractivity contribution is -0.131. The SMILES string of the molecule is CCCNCC(=O)N1CCN(S(=O)(=O)CCC)CC1. The van der Waals surface area contributed by atoms with Crippen LogP contribution in [0.2, 0.25) is 0 Å². The standard InChI is InChI=1S/C12H25N3O3S/c1-3-5-13-11-12(16)14-6-8-15(9-7-14)19(17,18)10-4-2/h13H,3-11H2,1-2H3. The number of nitrogens with zero attached hydrogens (tertiary/aromatic N) is 2. The van der Waals surface area contributed by atoms with Crippen molar-refractivity contribution >= 4 is 15.9 Å². The Labute approximate surface area is 116 Å². The summed E-state index contributed by atoms with van der Waals surface area (Å²) in [6.07, 6.45) is 1.62. The quantitative estimate of drug-likeness (QED) is 0.663. The maximum atomic E-state index is 11.9. The highest BCUT2D eigenvalue weighted by molar-refractivity contribution is 7.89. The van der Waals surface area contributed by atoms with Gasteiger partial charge in [-0.15, -0.1) is 0 Å². The lowest BCUT2D eigenvalue weighted by Crippen LogP contribution is -2.52. The van der Waals surface area contributed by atoms with Crippen molar-refractivity contribution in [1.29, 1.82) is 0 Å². The van der Waals surface area contributed by atoms with E-state index in [2.05, 4.69) is 12.2 Å². The Balaban J connectivity index is 2.38. The summed E-state index contributed by atoms with van der Waals surface area (Å²) in [7, 11) is -3.12. The molecule has 1 saturated heterocycles. The van der Waals surface area contributed by atoms with Gasteiger partial charge in [0.2, 0.25) is 15.9 Å². The van der Waals surface area contributed by atoms with Crippen LogP contribution < -0.4 is 5.32 Å². The molecular weight excluding hydrogens is 266 g/mol. The third-order valence-corrected chi connectivity index (χ3v) is 5.23.